The fraction of sp³-hybridized carbons (Fsp3) is 0.462. The third-order valence-electron chi connectivity index (χ3n) is 3.17. The summed E-state index contributed by atoms with van der Waals surface area (Å²) in [5.74, 6) is -1.78. The van der Waals surface area contributed by atoms with E-state index in [1.165, 1.54) is 6.07 Å². The average molecular weight is 280 g/mol. The molecule has 7 heteroatoms. The van der Waals surface area contributed by atoms with E-state index < -0.39 is 17.9 Å². The maximum Gasteiger partial charge on any atom is 0.339 e. The molecule has 1 fully saturated rings. The van der Waals surface area contributed by atoms with Gasteiger partial charge in [0, 0.05) is 19.0 Å². The van der Waals surface area contributed by atoms with Crippen molar-refractivity contribution >= 4 is 17.8 Å². The van der Waals surface area contributed by atoms with Crippen LogP contribution >= 0.6 is 0 Å². The van der Waals surface area contributed by atoms with Gasteiger partial charge in [0.1, 0.15) is 17.4 Å². The zero-order chi connectivity index (χ0) is 14.7. The number of carbonyl (C=O) groups is 3. The Morgan fingerprint density at radius 3 is 2.85 bits per heavy atom. The van der Waals surface area contributed by atoms with Crippen molar-refractivity contribution in [3.8, 4) is 0 Å². The predicted octanol–water partition coefficient (Wildman–Crippen LogP) is 0.549. The average Bonchev–Trinajstić information content (AvgIpc) is 2.86. The minimum absolute atomic E-state index is 0.0225. The number of amides is 2. The number of hydrogen-bond donors (Lipinski definition) is 3. The summed E-state index contributed by atoms with van der Waals surface area (Å²) >= 11 is 0. The second-order valence-corrected chi connectivity index (χ2v) is 4.57. The molecule has 3 N–H and O–H groups in total. The Morgan fingerprint density at radius 2 is 2.30 bits per heavy atom. The monoisotopic (exact) mass is 280 g/mol. The van der Waals surface area contributed by atoms with Crippen molar-refractivity contribution in [1.82, 2.24) is 10.6 Å². The number of aromatic carboxylic acids is 1. The zero-order valence-electron chi connectivity index (χ0n) is 11.1. The molecule has 1 aromatic heterocycles. The third-order valence-corrected chi connectivity index (χ3v) is 3.17. The van der Waals surface area contributed by atoms with E-state index in [4.69, 9.17) is 9.52 Å². The van der Waals surface area contributed by atoms with Crippen molar-refractivity contribution in [3.63, 3.8) is 0 Å². The maximum atomic E-state index is 12.0. The first kappa shape index (κ1) is 14.1. The molecule has 1 unspecified atom stereocenters. The van der Waals surface area contributed by atoms with E-state index in [0.29, 0.717) is 19.4 Å². The molecule has 2 amide bonds. The van der Waals surface area contributed by atoms with Gasteiger partial charge in [0.25, 0.3) is 5.91 Å². The van der Waals surface area contributed by atoms with Crippen LogP contribution in [0.2, 0.25) is 0 Å². The van der Waals surface area contributed by atoms with Crippen LogP contribution in [0, 0.1) is 0 Å². The van der Waals surface area contributed by atoms with E-state index in [1.807, 2.05) is 0 Å². The number of carboxylic acid groups (broad SMARTS) is 1. The molecule has 0 aliphatic carbocycles. The van der Waals surface area contributed by atoms with Crippen molar-refractivity contribution in [1.29, 1.82) is 0 Å². The molecule has 0 bridgehead atoms. The molecule has 1 saturated heterocycles. The van der Waals surface area contributed by atoms with Gasteiger partial charge in [0.05, 0.1) is 0 Å². The van der Waals surface area contributed by atoms with Crippen LogP contribution in [0.25, 0.3) is 0 Å². The molecule has 2 rings (SSSR count). The van der Waals surface area contributed by atoms with Gasteiger partial charge >= 0.3 is 5.97 Å². The summed E-state index contributed by atoms with van der Waals surface area (Å²) < 4.78 is 5.24. The van der Waals surface area contributed by atoms with E-state index in [-0.39, 0.29) is 23.0 Å². The number of rotatable bonds is 4. The summed E-state index contributed by atoms with van der Waals surface area (Å²) in [4.78, 5) is 34.5. The zero-order valence-corrected chi connectivity index (χ0v) is 11.1. The number of carboxylic acids is 1. The molecular weight excluding hydrogens is 264 g/mol. The number of nitrogens with one attached hydrogen (secondary N) is 2. The van der Waals surface area contributed by atoms with Crippen LogP contribution < -0.4 is 10.6 Å². The molecule has 1 aliphatic rings. The number of piperidine rings is 1. The van der Waals surface area contributed by atoms with Gasteiger partial charge in [0.2, 0.25) is 5.91 Å². The smallest absolute Gasteiger partial charge is 0.339 e. The lowest BCUT2D eigenvalue weighted by atomic mass is 10.1. The fourth-order valence-corrected chi connectivity index (χ4v) is 2.12. The molecule has 108 valence electrons. The summed E-state index contributed by atoms with van der Waals surface area (Å²) in [6.45, 7) is 2.34. The fourth-order valence-electron chi connectivity index (χ4n) is 2.12. The quantitative estimate of drug-likeness (QED) is 0.746. The summed E-state index contributed by atoms with van der Waals surface area (Å²) in [6, 6.07) is 0.594. The summed E-state index contributed by atoms with van der Waals surface area (Å²) in [5, 5.41) is 14.2. The van der Waals surface area contributed by atoms with Crippen molar-refractivity contribution in [3.05, 3.63) is 23.2 Å². The van der Waals surface area contributed by atoms with Crippen LogP contribution in [0.5, 0.6) is 0 Å². The highest BCUT2D eigenvalue weighted by molar-refractivity contribution is 5.98. The number of aryl methyl sites for hydroxylation is 1. The lowest BCUT2D eigenvalue weighted by Gasteiger charge is -2.22. The third kappa shape index (κ3) is 2.81. The van der Waals surface area contributed by atoms with Crippen molar-refractivity contribution in [2.24, 2.45) is 0 Å². The van der Waals surface area contributed by atoms with E-state index in [1.54, 1.807) is 6.92 Å². The Morgan fingerprint density at radius 1 is 1.55 bits per heavy atom. The Labute approximate surface area is 115 Å². The van der Waals surface area contributed by atoms with Gasteiger partial charge < -0.3 is 20.2 Å². The van der Waals surface area contributed by atoms with Gasteiger partial charge in [-0.25, -0.2) is 4.79 Å². The predicted molar refractivity (Wildman–Crippen MR) is 68.5 cm³/mol. The van der Waals surface area contributed by atoms with Gasteiger partial charge in [-0.3, -0.25) is 9.59 Å². The Bertz CT molecular complexity index is 549. The second kappa shape index (κ2) is 5.77. The number of carbonyl (C=O) groups excluding carboxylic acids is 2. The molecule has 2 heterocycles. The molecule has 1 atom stereocenters. The molecule has 0 spiro atoms. The van der Waals surface area contributed by atoms with Gasteiger partial charge in [0.15, 0.2) is 5.76 Å². The maximum absolute atomic E-state index is 12.0. The molecule has 0 radical (unpaired) electrons. The van der Waals surface area contributed by atoms with Crippen LogP contribution in [0.15, 0.2) is 10.5 Å². The van der Waals surface area contributed by atoms with Crippen LogP contribution in [0.1, 0.15) is 46.4 Å². The standard InChI is InChI=1S/C13H16N2O5/c1-2-9-7(13(18)19)6-10(20-9)12(17)15-8-4-3-5-14-11(8)16/h6,8H,2-5H2,1H3,(H,14,16)(H,15,17)(H,18,19). The first-order valence-electron chi connectivity index (χ1n) is 6.47. The summed E-state index contributed by atoms with van der Waals surface area (Å²) in [6.07, 6.45) is 1.72. The Balaban J connectivity index is 2.13. The van der Waals surface area contributed by atoms with Gasteiger partial charge in [-0.15, -0.1) is 0 Å². The molecule has 0 saturated carbocycles. The van der Waals surface area contributed by atoms with Crippen molar-refractivity contribution < 1.29 is 23.9 Å². The molecule has 1 aliphatic heterocycles. The SMILES string of the molecule is CCc1oc(C(=O)NC2CCCNC2=O)cc1C(=O)O. The molecule has 1 aromatic rings. The first-order chi connectivity index (χ1) is 9.52. The van der Waals surface area contributed by atoms with Crippen molar-refractivity contribution in [2.75, 3.05) is 6.54 Å². The van der Waals surface area contributed by atoms with Gasteiger partial charge in [-0.1, -0.05) is 6.92 Å². The molecular formula is C13H16N2O5. The van der Waals surface area contributed by atoms with Crippen LogP contribution in [0.3, 0.4) is 0 Å². The molecule has 0 aromatic carbocycles. The number of hydrogen-bond acceptors (Lipinski definition) is 4. The first-order valence-corrected chi connectivity index (χ1v) is 6.47. The second-order valence-electron chi connectivity index (χ2n) is 4.57. The topological polar surface area (TPSA) is 109 Å². The van der Waals surface area contributed by atoms with Crippen LogP contribution in [-0.4, -0.2) is 35.5 Å². The molecule has 20 heavy (non-hydrogen) atoms. The minimum Gasteiger partial charge on any atom is -0.478 e. The van der Waals surface area contributed by atoms with E-state index in [2.05, 4.69) is 10.6 Å². The summed E-state index contributed by atoms with van der Waals surface area (Å²) in [5.41, 5.74) is -0.0225. The Kier molecular flexibility index (Phi) is 4.07. The highest BCUT2D eigenvalue weighted by Crippen LogP contribution is 2.17. The van der Waals surface area contributed by atoms with Crippen molar-refractivity contribution in [2.45, 2.75) is 32.2 Å². The minimum atomic E-state index is -1.14. The van der Waals surface area contributed by atoms with Gasteiger partial charge in [-0.2, -0.15) is 0 Å². The molecule has 7 nitrogen and oxygen atoms in total. The van der Waals surface area contributed by atoms with Crippen LogP contribution in [-0.2, 0) is 11.2 Å². The van der Waals surface area contributed by atoms with E-state index in [0.717, 1.165) is 6.42 Å². The van der Waals surface area contributed by atoms with E-state index >= 15 is 0 Å². The Hall–Kier alpha value is -2.31. The normalized spacial score (nSPS) is 18.4. The largest absolute Gasteiger partial charge is 0.478 e. The van der Waals surface area contributed by atoms with Gasteiger partial charge in [-0.05, 0) is 12.8 Å². The number of furan rings is 1. The lowest BCUT2D eigenvalue weighted by Crippen LogP contribution is -2.50. The summed E-state index contributed by atoms with van der Waals surface area (Å²) in [7, 11) is 0. The van der Waals surface area contributed by atoms with E-state index in [9.17, 15) is 14.4 Å². The highest BCUT2D eigenvalue weighted by atomic mass is 16.4. The lowest BCUT2D eigenvalue weighted by molar-refractivity contribution is -0.124. The highest BCUT2D eigenvalue weighted by Gasteiger charge is 2.26. The van der Waals surface area contributed by atoms with Crippen LogP contribution in [0.4, 0.5) is 0 Å².